The summed E-state index contributed by atoms with van der Waals surface area (Å²) in [6, 6.07) is 3.59. The summed E-state index contributed by atoms with van der Waals surface area (Å²) in [5.41, 5.74) is 0.960. The Bertz CT molecular complexity index is 489. The van der Waals surface area contributed by atoms with Crippen LogP contribution in [-0.2, 0) is 4.79 Å². The first-order chi connectivity index (χ1) is 8.31. The highest BCUT2D eigenvalue weighted by Crippen LogP contribution is 2.38. The molecule has 18 heavy (non-hydrogen) atoms. The highest BCUT2D eigenvalue weighted by atomic mass is 16.5. The smallest absolute Gasteiger partial charge is 0.175 e. The van der Waals surface area contributed by atoms with Crippen LogP contribution in [0, 0.1) is 6.92 Å². The summed E-state index contributed by atoms with van der Waals surface area (Å²) in [7, 11) is 0. The van der Waals surface area contributed by atoms with E-state index < -0.39 is 5.60 Å². The number of aryl methyl sites for hydroxylation is 1. The number of carbonyl (C=O) groups is 1. The summed E-state index contributed by atoms with van der Waals surface area (Å²) in [5.74, 6) is 1.35. The summed E-state index contributed by atoms with van der Waals surface area (Å²) >= 11 is 0. The van der Waals surface area contributed by atoms with E-state index in [9.17, 15) is 9.90 Å². The Morgan fingerprint density at radius 1 is 1.39 bits per heavy atom. The van der Waals surface area contributed by atoms with Crippen LogP contribution in [0.1, 0.15) is 50.7 Å². The van der Waals surface area contributed by atoms with Crippen LogP contribution in [0.3, 0.4) is 0 Å². The lowest BCUT2D eigenvalue weighted by molar-refractivity contribution is -0.132. The van der Waals surface area contributed by atoms with Crippen LogP contribution in [0.25, 0.3) is 0 Å². The van der Waals surface area contributed by atoms with Crippen LogP contribution in [0.4, 0.5) is 0 Å². The lowest BCUT2D eigenvalue weighted by atomic mass is 9.88. The summed E-state index contributed by atoms with van der Waals surface area (Å²) in [4.78, 5) is 12.0. The molecule has 0 saturated heterocycles. The van der Waals surface area contributed by atoms with Gasteiger partial charge in [0, 0.05) is 12.0 Å². The van der Waals surface area contributed by atoms with Gasteiger partial charge >= 0.3 is 0 Å². The molecule has 1 heterocycles. The first kappa shape index (κ1) is 12.9. The molecule has 0 radical (unpaired) electrons. The van der Waals surface area contributed by atoms with Gasteiger partial charge in [0.25, 0.3) is 0 Å². The van der Waals surface area contributed by atoms with Gasteiger partial charge in [0.1, 0.15) is 11.5 Å². The Balaban J connectivity index is 2.53. The number of rotatable bonds is 0. The molecule has 1 aliphatic rings. The van der Waals surface area contributed by atoms with Gasteiger partial charge in [-0.25, -0.2) is 0 Å². The monoisotopic (exact) mass is 248 g/mol. The summed E-state index contributed by atoms with van der Waals surface area (Å²) in [6.07, 6.45) is 1.31. The molecule has 1 unspecified atom stereocenters. The van der Waals surface area contributed by atoms with E-state index in [0.717, 1.165) is 23.3 Å². The van der Waals surface area contributed by atoms with Crippen molar-refractivity contribution in [1.82, 2.24) is 0 Å². The molecule has 1 aliphatic heterocycles. The number of ether oxygens (including phenoxy) is 1. The molecular formula is C15H20O3. The summed E-state index contributed by atoms with van der Waals surface area (Å²) in [6.45, 7) is 7.49. The van der Waals surface area contributed by atoms with E-state index in [-0.39, 0.29) is 17.5 Å². The number of fused-ring (bicyclic) bond motifs is 1. The van der Waals surface area contributed by atoms with Crippen molar-refractivity contribution in [1.29, 1.82) is 0 Å². The second-order valence-electron chi connectivity index (χ2n) is 5.65. The molecule has 1 aromatic carbocycles. The highest BCUT2D eigenvalue weighted by molar-refractivity contribution is 5.87. The number of hydrogen-bond donors (Lipinski definition) is 1. The first-order valence-electron chi connectivity index (χ1n) is 6.37. The maximum absolute atomic E-state index is 12.0. The molecule has 0 saturated carbocycles. The Morgan fingerprint density at radius 2 is 2.06 bits per heavy atom. The molecule has 0 fully saturated rings. The minimum Gasteiger partial charge on any atom is -0.508 e. The van der Waals surface area contributed by atoms with Gasteiger partial charge in [0.2, 0.25) is 0 Å². The molecule has 0 bridgehead atoms. The minimum absolute atomic E-state index is 0.130. The number of aromatic hydroxyl groups is 1. The second-order valence-corrected chi connectivity index (χ2v) is 5.65. The van der Waals surface area contributed by atoms with Gasteiger partial charge in [0.15, 0.2) is 11.4 Å². The van der Waals surface area contributed by atoms with Crippen LogP contribution in [0.15, 0.2) is 12.1 Å². The molecule has 0 amide bonds. The van der Waals surface area contributed by atoms with E-state index in [1.54, 1.807) is 19.9 Å². The molecule has 1 N–H and O–H groups in total. The topological polar surface area (TPSA) is 46.5 Å². The second kappa shape index (κ2) is 4.30. The SMILES string of the molecule is Cc1cc2c(cc1O)C(C)CCC(=O)C(C)(C)O2. The molecular weight excluding hydrogens is 228 g/mol. The molecule has 1 aromatic rings. The third kappa shape index (κ3) is 2.22. The van der Waals surface area contributed by atoms with Gasteiger partial charge in [0.05, 0.1) is 0 Å². The van der Waals surface area contributed by atoms with Crippen LogP contribution >= 0.6 is 0 Å². The highest BCUT2D eigenvalue weighted by Gasteiger charge is 2.33. The number of benzene rings is 1. The van der Waals surface area contributed by atoms with Crippen molar-refractivity contribution in [3.63, 3.8) is 0 Å². The molecule has 3 nitrogen and oxygen atoms in total. The molecule has 1 atom stereocenters. The molecule has 2 rings (SSSR count). The third-order valence-corrected chi connectivity index (χ3v) is 3.70. The van der Waals surface area contributed by atoms with Crippen LogP contribution < -0.4 is 4.74 Å². The van der Waals surface area contributed by atoms with E-state index >= 15 is 0 Å². The van der Waals surface area contributed by atoms with Crippen molar-refractivity contribution in [2.75, 3.05) is 0 Å². The molecule has 3 heteroatoms. The average molecular weight is 248 g/mol. The minimum atomic E-state index is -0.793. The maximum atomic E-state index is 12.0. The van der Waals surface area contributed by atoms with Crippen molar-refractivity contribution in [2.45, 2.75) is 52.1 Å². The Labute approximate surface area is 108 Å². The van der Waals surface area contributed by atoms with Crippen LogP contribution in [0.2, 0.25) is 0 Å². The normalized spacial score (nSPS) is 22.7. The molecule has 0 spiro atoms. The van der Waals surface area contributed by atoms with Crippen molar-refractivity contribution in [3.8, 4) is 11.5 Å². The number of phenolic OH excluding ortho intramolecular Hbond substituents is 1. The van der Waals surface area contributed by atoms with Crippen molar-refractivity contribution < 1.29 is 14.6 Å². The zero-order valence-corrected chi connectivity index (χ0v) is 11.4. The summed E-state index contributed by atoms with van der Waals surface area (Å²) in [5, 5.41) is 9.81. The fourth-order valence-electron chi connectivity index (χ4n) is 2.30. The van der Waals surface area contributed by atoms with Gasteiger partial charge < -0.3 is 9.84 Å². The molecule has 0 aromatic heterocycles. The third-order valence-electron chi connectivity index (χ3n) is 3.70. The van der Waals surface area contributed by atoms with Crippen molar-refractivity contribution >= 4 is 5.78 Å². The van der Waals surface area contributed by atoms with Gasteiger partial charge in [-0.3, -0.25) is 4.79 Å². The maximum Gasteiger partial charge on any atom is 0.175 e. The Kier molecular flexibility index (Phi) is 3.09. The lowest BCUT2D eigenvalue weighted by Crippen LogP contribution is -2.39. The predicted octanol–water partition coefficient (Wildman–Crippen LogP) is 3.32. The largest absolute Gasteiger partial charge is 0.508 e. The fraction of sp³-hybridized carbons (Fsp3) is 0.533. The Morgan fingerprint density at radius 3 is 2.72 bits per heavy atom. The molecule has 98 valence electrons. The Hall–Kier alpha value is -1.51. The summed E-state index contributed by atoms with van der Waals surface area (Å²) < 4.78 is 5.88. The number of phenols is 1. The van der Waals surface area contributed by atoms with Crippen LogP contribution in [0.5, 0.6) is 11.5 Å². The zero-order chi connectivity index (χ0) is 13.5. The van der Waals surface area contributed by atoms with Gasteiger partial charge in [-0.1, -0.05) is 6.92 Å². The van der Waals surface area contributed by atoms with Gasteiger partial charge in [-0.05, 0) is 50.8 Å². The van der Waals surface area contributed by atoms with E-state index in [1.165, 1.54) is 0 Å². The number of carbonyl (C=O) groups excluding carboxylic acids is 1. The van der Waals surface area contributed by atoms with E-state index in [0.29, 0.717) is 6.42 Å². The average Bonchev–Trinajstić information content (AvgIpc) is 2.28. The fourth-order valence-corrected chi connectivity index (χ4v) is 2.30. The van der Waals surface area contributed by atoms with E-state index in [1.807, 2.05) is 13.0 Å². The van der Waals surface area contributed by atoms with E-state index in [2.05, 4.69) is 6.92 Å². The number of ketones is 1. The lowest BCUT2D eigenvalue weighted by Gasteiger charge is -2.31. The number of Topliss-reactive ketones (excluding diaryl/α,β-unsaturated/α-hetero) is 1. The van der Waals surface area contributed by atoms with Gasteiger partial charge in [-0.15, -0.1) is 0 Å². The molecule has 0 aliphatic carbocycles. The van der Waals surface area contributed by atoms with E-state index in [4.69, 9.17) is 4.74 Å². The van der Waals surface area contributed by atoms with Crippen molar-refractivity contribution in [2.24, 2.45) is 0 Å². The number of hydrogen-bond acceptors (Lipinski definition) is 3. The standard InChI is InChI=1S/C15H20O3/c1-9-5-6-14(17)15(3,4)18-13-7-10(2)12(16)8-11(9)13/h7-9,16H,5-6H2,1-4H3. The first-order valence-corrected chi connectivity index (χ1v) is 6.37. The quantitative estimate of drug-likeness (QED) is 0.766. The zero-order valence-electron chi connectivity index (χ0n) is 11.4. The van der Waals surface area contributed by atoms with Crippen molar-refractivity contribution in [3.05, 3.63) is 23.3 Å². The van der Waals surface area contributed by atoms with Crippen LogP contribution in [-0.4, -0.2) is 16.5 Å². The van der Waals surface area contributed by atoms with Gasteiger partial charge in [-0.2, -0.15) is 0 Å². The predicted molar refractivity (Wildman–Crippen MR) is 70.2 cm³/mol.